The maximum Gasteiger partial charge on any atom is 0.167 e. The first kappa shape index (κ1) is 10.8. The number of hydrogen-bond donors (Lipinski definition) is 1. The minimum Gasteiger partial charge on any atom is -0.327 e. The smallest absolute Gasteiger partial charge is 0.167 e. The van der Waals surface area contributed by atoms with E-state index in [0.717, 1.165) is 12.8 Å². The molecule has 0 radical (unpaired) electrons. The average Bonchev–Trinajstić information content (AvgIpc) is 2.19. The third kappa shape index (κ3) is 3.22. The molecule has 0 aliphatic carbocycles. The van der Waals surface area contributed by atoms with Gasteiger partial charge in [0.15, 0.2) is 5.78 Å². The summed E-state index contributed by atoms with van der Waals surface area (Å²) in [6.07, 6.45) is 6.70. The molecule has 0 bridgehead atoms. The third-order valence-corrected chi connectivity index (χ3v) is 1.99. The lowest BCUT2D eigenvalue weighted by Crippen LogP contribution is -2.23. The van der Waals surface area contributed by atoms with Gasteiger partial charge in [-0.1, -0.05) is 13.3 Å². The highest BCUT2D eigenvalue weighted by molar-refractivity contribution is 5.95. The number of hydrogen-bond acceptors (Lipinski definition) is 4. The summed E-state index contributed by atoms with van der Waals surface area (Å²) < 4.78 is 0. The number of ketones is 1. The van der Waals surface area contributed by atoms with Crippen molar-refractivity contribution in [3.8, 4) is 0 Å². The first-order chi connectivity index (χ1) is 6.74. The third-order valence-electron chi connectivity index (χ3n) is 1.99. The second-order valence-corrected chi connectivity index (χ2v) is 3.30. The van der Waals surface area contributed by atoms with Gasteiger partial charge in [-0.15, -0.1) is 0 Å². The van der Waals surface area contributed by atoms with E-state index in [9.17, 15) is 4.79 Å². The van der Waals surface area contributed by atoms with Crippen molar-refractivity contribution in [2.45, 2.75) is 32.2 Å². The van der Waals surface area contributed by atoms with Crippen molar-refractivity contribution >= 4 is 5.78 Å². The molecule has 0 saturated carbocycles. The van der Waals surface area contributed by atoms with Crippen LogP contribution in [0.25, 0.3) is 0 Å². The predicted molar refractivity (Wildman–Crippen MR) is 53.9 cm³/mol. The monoisotopic (exact) mass is 193 g/mol. The van der Waals surface area contributed by atoms with Crippen LogP contribution in [0.4, 0.5) is 0 Å². The molecule has 4 heteroatoms. The number of rotatable bonds is 5. The van der Waals surface area contributed by atoms with Gasteiger partial charge in [0.25, 0.3) is 0 Å². The van der Waals surface area contributed by atoms with E-state index in [2.05, 4.69) is 16.9 Å². The van der Waals surface area contributed by atoms with Gasteiger partial charge in [0.1, 0.15) is 6.33 Å². The highest BCUT2D eigenvalue weighted by Crippen LogP contribution is 2.05. The summed E-state index contributed by atoms with van der Waals surface area (Å²) in [7, 11) is 0. The van der Waals surface area contributed by atoms with Crippen molar-refractivity contribution < 1.29 is 4.79 Å². The summed E-state index contributed by atoms with van der Waals surface area (Å²) in [5.41, 5.74) is 6.30. The van der Waals surface area contributed by atoms with Gasteiger partial charge in [0, 0.05) is 24.9 Å². The minimum atomic E-state index is -0.0484. The maximum atomic E-state index is 11.6. The molecule has 0 aliphatic heterocycles. The number of carbonyl (C=O) groups excluding carboxylic acids is 1. The van der Waals surface area contributed by atoms with Crippen LogP contribution in [0.5, 0.6) is 0 Å². The van der Waals surface area contributed by atoms with Crippen LogP contribution >= 0.6 is 0 Å². The fraction of sp³-hybridized carbons (Fsp3) is 0.500. The second-order valence-electron chi connectivity index (χ2n) is 3.30. The van der Waals surface area contributed by atoms with Crippen LogP contribution in [0.2, 0.25) is 0 Å². The van der Waals surface area contributed by atoms with E-state index < -0.39 is 0 Å². The van der Waals surface area contributed by atoms with Crippen molar-refractivity contribution in [2.24, 2.45) is 5.73 Å². The Morgan fingerprint density at radius 3 is 2.71 bits per heavy atom. The zero-order valence-electron chi connectivity index (χ0n) is 8.31. The van der Waals surface area contributed by atoms with Crippen LogP contribution in [0, 0.1) is 0 Å². The molecule has 0 spiro atoms. The summed E-state index contributed by atoms with van der Waals surface area (Å²) in [5, 5.41) is 0. The Morgan fingerprint density at radius 2 is 2.14 bits per heavy atom. The maximum absolute atomic E-state index is 11.6. The van der Waals surface area contributed by atoms with Gasteiger partial charge >= 0.3 is 0 Å². The van der Waals surface area contributed by atoms with E-state index in [4.69, 9.17) is 5.73 Å². The summed E-state index contributed by atoms with van der Waals surface area (Å²) in [6, 6.07) is -0.0484. The van der Waals surface area contributed by atoms with E-state index in [-0.39, 0.29) is 11.8 Å². The van der Waals surface area contributed by atoms with Gasteiger partial charge in [-0.25, -0.2) is 9.97 Å². The summed E-state index contributed by atoms with van der Waals surface area (Å²) in [4.78, 5) is 19.1. The van der Waals surface area contributed by atoms with Crippen molar-refractivity contribution in [3.63, 3.8) is 0 Å². The van der Waals surface area contributed by atoms with Crippen molar-refractivity contribution in [1.29, 1.82) is 0 Å². The molecule has 76 valence electrons. The van der Waals surface area contributed by atoms with Gasteiger partial charge < -0.3 is 5.73 Å². The summed E-state index contributed by atoms with van der Waals surface area (Å²) in [5.74, 6) is 0.0200. The molecule has 2 N–H and O–H groups in total. The fourth-order valence-corrected chi connectivity index (χ4v) is 1.27. The van der Waals surface area contributed by atoms with Crippen LogP contribution in [-0.2, 0) is 0 Å². The highest BCUT2D eigenvalue weighted by atomic mass is 16.1. The lowest BCUT2D eigenvalue weighted by Gasteiger charge is -2.08. The number of nitrogens with two attached hydrogens (primary N) is 1. The normalized spacial score (nSPS) is 12.4. The molecule has 0 aliphatic rings. The fourth-order valence-electron chi connectivity index (χ4n) is 1.27. The molecule has 1 unspecified atom stereocenters. The molecule has 4 nitrogen and oxygen atoms in total. The SMILES string of the molecule is CCCC(N)CC(=O)c1cncnc1. The first-order valence-corrected chi connectivity index (χ1v) is 4.77. The predicted octanol–water partition coefficient (Wildman–Crippen LogP) is 1.18. The highest BCUT2D eigenvalue weighted by Gasteiger charge is 2.10. The van der Waals surface area contributed by atoms with E-state index in [1.165, 1.54) is 18.7 Å². The van der Waals surface area contributed by atoms with Crippen LogP contribution in [0.1, 0.15) is 36.5 Å². The summed E-state index contributed by atoms with van der Waals surface area (Å²) >= 11 is 0. The molecular formula is C10H15N3O. The van der Waals surface area contributed by atoms with Crippen molar-refractivity contribution in [2.75, 3.05) is 0 Å². The molecule has 0 aromatic carbocycles. The lowest BCUT2D eigenvalue weighted by molar-refractivity contribution is 0.0972. The van der Waals surface area contributed by atoms with Crippen LogP contribution in [0.3, 0.4) is 0 Å². The second kappa shape index (κ2) is 5.44. The minimum absolute atomic E-state index is 0.0200. The standard InChI is InChI=1S/C10H15N3O/c1-2-3-9(11)4-10(14)8-5-12-7-13-6-8/h5-7,9H,2-4,11H2,1H3. The van der Waals surface area contributed by atoms with Crippen LogP contribution in [-0.4, -0.2) is 21.8 Å². The molecule has 0 amide bonds. The van der Waals surface area contributed by atoms with Gasteiger partial charge in [-0.3, -0.25) is 4.79 Å². The molecule has 0 fully saturated rings. The largest absolute Gasteiger partial charge is 0.327 e. The summed E-state index contributed by atoms with van der Waals surface area (Å²) in [6.45, 7) is 2.05. The number of nitrogens with zero attached hydrogens (tertiary/aromatic N) is 2. The van der Waals surface area contributed by atoms with E-state index in [1.54, 1.807) is 0 Å². The van der Waals surface area contributed by atoms with Gasteiger partial charge in [-0.2, -0.15) is 0 Å². The first-order valence-electron chi connectivity index (χ1n) is 4.77. The Hall–Kier alpha value is -1.29. The Balaban J connectivity index is 2.51. The zero-order chi connectivity index (χ0) is 10.4. The average molecular weight is 193 g/mol. The Bertz CT molecular complexity index is 287. The van der Waals surface area contributed by atoms with E-state index >= 15 is 0 Å². The Kier molecular flexibility index (Phi) is 4.19. The number of Topliss-reactive ketones (excluding diaryl/α,β-unsaturated/α-hetero) is 1. The molecule has 1 rings (SSSR count). The van der Waals surface area contributed by atoms with E-state index in [0.29, 0.717) is 12.0 Å². The van der Waals surface area contributed by atoms with Gasteiger partial charge in [0.05, 0.1) is 5.56 Å². The lowest BCUT2D eigenvalue weighted by atomic mass is 10.0. The van der Waals surface area contributed by atoms with Gasteiger partial charge in [-0.05, 0) is 6.42 Å². The molecule has 1 aromatic heterocycles. The molecule has 1 heterocycles. The topological polar surface area (TPSA) is 68.9 Å². The Labute approximate surface area is 83.6 Å². The quantitative estimate of drug-likeness (QED) is 0.713. The van der Waals surface area contributed by atoms with Crippen molar-refractivity contribution in [1.82, 2.24) is 9.97 Å². The molecule has 1 atom stereocenters. The van der Waals surface area contributed by atoms with Crippen LogP contribution in [0.15, 0.2) is 18.7 Å². The molecule has 14 heavy (non-hydrogen) atoms. The zero-order valence-corrected chi connectivity index (χ0v) is 8.31. The molecular weight excluding hydrogens is 178 g/mol. The number of aromatic nitrogens is 2. The van der Waals surface area contributed by atoms with Crippen molar-refractivity contribution in [3.05, 3.63) is 24.3 Å². The Morgan fingerprint density at radius 1 is 1.50 bits per heavy atom. The molecule has 0 saturated heterocycles. The molecule has 1 aromatic rings. The van der Waals surface area contributed by atoms with E-state index in [1.807, 2.05) is 0 Å². The van der Waals surface area contributed by atoms with Gasteiger partial charge in [0.2, 0.25) is 0 Å². The number of carbonyl (C=O) groups is 1. The van der Waals surface area contributed by atoms with Crippen LogP contribution < -0.4 is 5.73 Å².